The number of pyridine rings is 1. The van der Waals surface area contributed by atoms with Crippen molar-refractivity contribution >= 4 is 17.0 Å². The van der Waals surface area contributed by atoms with E-state index in [1.165, 1.54) is 5.56 Å². The molecule has 20 heavy (non-hydrogen) atoms. The molecule has 4 aromatic rings. The number of thiophene rings is 1. The number of aromatic nitrogens is 5. The van der Waals surface area contributed by atoms with Gasteiger partial charge in [0.25, 0.3) is 0 Å². The van der Waals surface area contributed by atoms with Crippen LogP contribution in [0.5, 0.6) is 0 Å². The molecule has 0 N–H and O–H groups in total. The quantitative estimate of drug-likeness (QED) is 0.577. The zero-order valence-electron chi connectivity index (χ0n) is 10.3. The minimum absolute atomic E-state index is 0.575. The van der Waals surface area contributed by atoms with Gasteiger partial charge in [-0.2, -0.15) is 16.3 Å². The molecule has 0 aromatic carbocycles. The van der Waals surface area contributed by atoms with Crippen LogP contribution in [0.25, 0.3) is 17.0 Å². The minimum atomic E-state index is 0.575. The van der Waals surface area contributed by atoms with E-state index in [1.807, 2.05) is 28.1 Å². The molecule has 98 valence electrons. The fourth-order valence-corrected chi connectivity index (χ4v) is 2.64. The molecule has 7 heteroatoms. The molecule has 0 unspecified atom stereocenters. The summed E-state index contributed by atoms with van der Waals surface area (Å²) in [5, 5.41) is 15.9. The second kappa shape index (κ2) is 4.53. The van der Waals surface area contributed by atoms with Gasteiger partial charge in [-0.1, -0.05) is 5.16 Å². The molecule has 4 heterocycles. The lowest BCUT2D eigenvalue weighted by molar-refractivity contribution is 0.386. The Morgan fingerprint density at radius 1 is 1.25 bits per heavy atom. The van der Waals surface area contributed by atoms with E-state index in [2.05, 4.69) is 31.8 Å². The van der Waals surface area contributed by atoms with Crippen LogP contribution in [-0.4, -0.2) is 24.7 Å². The summed E-state index contributed by atoms with van der Waals surface area (Å²) in [7, 11) is 0. The molecule has 0 spiro atoms. The molecule has 0 saturated heterocycles. The van der Waals surface area contributed by atoms with Gasteiger partial charge in [-0.05, 0) is 34.5 Å². The van der Waals surface area contributed by atoms with Crippen LogP contribution in [0, 0.1) is 0 Å². The molecule has 0 amide bonds. The van der Waals surface area contributed by atoms with E-state index in [4.69, 9.17) is 4.52 Å². The molecule has 0 radical (unpaired) electrons. The SMILES string of the molecule is c1cc(Cc2nc(-c3ccc4nncn4c3)no2)cs1. The summed E-state index contributed by atoms with van der Waals surface area (Å²) < 4.78 is 7.11. The van der Waals surface area contributed by atoms with Crippen LogP contribution in [-0.2, 0) is 6.42 Å². The van der Waals surface area contributed by atoms with E-state index < -0.39 is 0 Å². The molecule has 0 atom stereocenters. The summed E-state index contributed by atoms with van der Waals surface area (Å²) in [5.74, 6) is 1.19. The number of fused-ring (bicyclic) bond motifs is 1. The predicted molar refractivity (Wildman–Crippen MR) is 73.4 cm³/mol. The van der Waals surface area contributed by atoms with Crippen molar-refractivity contribution in [1.82, 2.24) is 24.7 Å². The van der Waals surface area contributed by atoms with Crippen LogP contribution in [0.2, 0.25) is 0 Å². The second-order valence-electron chi connectivity index (χ2n) is 4.33. The highest BCUT2D eigenvalue weighted by molar-refractivity contribution is 7.07. The Bertz CT molecular complexity index is 849. The van der Waals surface area contributed by atoms with Gasteiger partial charge >= 0.3 is 0 Å². The van der Waals surface area contributed by atoms with Gasteiger partial charge in [-0.3, -0.25) is 4.40 Å². The molecule has 0 fully saturated rings. The smallest absolute Gasteiger partial charge is 0.231 e. The van der Waals surface area contributed by atoms with Gasteiger partial charge < -0.3 is 4.52 Å². The lowest BCUT2D eigenvalue weighted by Crippen LogP contribution is -1.88. The first-order valence-corrected chi connectivity index (χ1v) is 6.96. The monoisotopic (exact) mass is 283 g/mol. The molecule has 0 aliphatic rings. The zero-order valence-corrected chi connectivity index (χ0v) is 11.1. The van der Waals surface area contributed by atoms with Crippen molar-refractivity contribution in [3.05, 3.63) is 52.9 Å². The van der Waals surface area contributed by atoms with Crippen molar-refractivity contribution < 1.29 is 4.52 Å². The van der Waals surface area contributed by atoms with Crippen LogP contribution < -0.4 is 0 Å². The first-order valence-electron chi connectivity index (χ1n) is 6.02. The van der Waals surface area contributed by atoms with Gasteiger partial charge in [0.15, 0.2) is 5.65 Å². The Morgan fingerprint density at radius 3 is 3.15 bits per heavy atom. The van der Waals surface area contributed by atoms with Crippen molar-refractivity contribution in [1.29, 1.82) is 0 Å². The summed E-state index contributed by atoms with van der Waals surface area (Å²) in [6.45, 7) is 0. The summed E-state index contributed by atoms with van der Waals surface area (Å²) in [6.07, 6.45) is 4.19. The molecule has 0 bridgehead atoms. The topological polar surface area (TPSA) is 69.1 Å². The van der Waals surface area contributed by atoms with E-state index in [1.54, 1.807) is 17.7 Å². The van der Waals surface area contributed by atoms with Crippen LogP contribution >= 0.6 is 11.3 Å². The summed E-state index contributed by atoms with van der Waals surface area (Å²) in [6, 6.07) is 5.83. The predicted octanol–water partition coefficient (Wildman–Crippen LogP) is 2.43. The van der Waals surface area contributed by atoms with E-state index in [0.29, 0.717) is 18.1 Å². The highest BCUT2D eigenvalue weighted by Crippen LogP contribution is 2.18. The van der Waals surface area contributed by atoms with Crippen molar-refractivity contribution in [2.24, 2.45) is 0 Å². The first-order chi connectivity index (χ1) is 9.88. The molecule has 0 aliphatic carbocycles. The maximum absolute atomic E-state index is 5.29. The van der Waals surface area contributed by atoms with E-state index in [9.17, 15) is 0 Å². The molecule has 4 rings (SSSR count). The lowest BCUT2D eigenvalue weighted by Gasteiger charge is -1.95. The minimum Gasteiger partial charge on any atom is -0.339 e. The van der Waals surface area contributed by atoms with Crippen molar-refractivity contribution in [2.75, 3.05) is 0 Å². The first kappa shape index (κ1) is 11.3. The Labute approximate surface area is 117 Å². The third-order valence-electron chi connectivity index (χ3n) is 2.95. The van der Waals surface area contributed by atoms with Crippen LogP contribution in [0.15, 0.2) is 46.0 Å². The maximum Gasteiger partial charge on any atom is 0.231 e. The molecule has 4 aromatic heterocycles. The summed E-state index contributed by atoms with van der Waals surface area (Å²) >= 11 is 1.66. The number of hydrogen-bond donors (Lipinski definition) is 0. The average Bonchev–Trinajstić information content (AvgIpc) is 3.19. The van der Waals surface area contributed by atoms with Crippen molar-refractivity contribution in [3.8, 4) is 11.4 Å². The highest BCUT2D eigenvalue weighted by Gasteiger charge is 2.10. The largest absolute Gasteiger partial charge is 0.339 e. The van der Waals surface area contributed by atoms with Gasteiger partial charge in [-0.25, -0.2) is 0 Å². The molecule has 0 saturated carbocycles. The Kier molecular flexibility index (Phi) is 2.56. The summed E-state index contributed by atoms with van der Waals surface area (Å²) in [4.78, 5) is 4.42. The second-order valence-corrected chi connectivity index (χ2v) is 5.11. The van der Waals surface area contributed by atoms with Gasteiger partial charge in [0, 0.05) is 11.8 Å². The van der Waals surface area contributed by atoms with Crippen LogP contribution in [0.4, 0.5) is 0 Å². The van der Waals surface area contributed by atoms with E-state index in [-0.39, 0.29) is 0 Å². The van der Waals surface area contributed by atoms with Crippen LogP contribution in [0.3, 0.4) is 0 Å². The van der Waals surface area contributed by atoms with Gasteiger partial charge in [0.1, 0.15) is 6.33 Å². The van der Waals surface area contributed by atoms with E-state index in [0.717, 1.165) is 11.2 Å². The van der Waals surface area contributed by atoms with Crippen molar-refractivity contribution in [3.63, 3.8) is 0 Å². The van der Waals surface area contributed by atoms with Crippen LogP contribution in [0.1, 0.15) is 11.5 Å². The molecular weight excluding hydrogens is 274 g/mol. The maximum atomic E-state index is 5.29. The third-order valence-corrected chi connectivity index (χ3v) is 3.68. The Hall–Kier alpha value is -2.54. The Balaban J connectivity index is 1.66. The van der Waals surface area contributed by atoms with E-state index >= 15 is 0 Å². The molecule has 0 aliphatic heterocycles. The fourth-order valence-electron chi connectivity index (χ4n) is 1.97. The average molecular weight is 283 g/mol. The number of hydrogen-bond acceptors (Lipinski definition) is 6. The van der Waals surface area contributed by atoms with Gasteiger partial charge in [0.05, 0.1) is 6.42 Å². The third kappa shape index (κ3) is 1.97. The highest BCUT2D eigenvalue weighted by atomic mass is 32.1. The Morgan fingerprint density at radius 2 is 2.25 bits per heavy atom. The standard InChI is InChI=1S/C13H9N5OS/c1-2-11-16-14-8-18(11)6-10(1)13-15-12(19-17-13)5-9-3-4-20-7-9/h1-4,6-8H,5H2. The van der Waals surface area contributed by atoms with Gasteiger partial charge in [0.2, 0.25) is 11.7 Å². The molecule has 6 nitrogen and oxygen atoms in total. The zero-order chi connectivity index (χ0) is 13.4. The van der Waals surface area contributed by atoms with Crippen molar-refractivity contribution in [2.45, 2.75) is 6.42 Å². The lowest BCUT2D eigenvalue weighted by atomic mass is 10.2. The normalized spacial score (nSPS) is 11.2. The van der Waals surface area contributed by atoms with Gasteiger partial charge in [-0.15, -0.1) is 10.2 Å². The molecular formula is C13H9N5OS. The summed E-state index contributed by atoms with van der Waals surface area (Å²) in [5.41, 5.74) is 2.84. The number of rotatable bonds is 3. The fraction of sp³-hybridized carbons (Fsp3) is 0.0769. The number of nitrogens with zero attached hydrogens (tertiary/aromatic N) is 5.